The number of halogens is 3. The van der Waals surface area contributed by atoms with E-state index in [0.29, 0.717) is 17.8 Å². The van der Waals surface area contributed by atoms with Crippen LogP contribution in [0.2, 0.25) is 0 Å². The van der Waals surface area contributed by atoms with Gasteiger partial charge < -0.3 is 8.98 Å². The van der Waals surface area contributed by atoms with Gasteiger partial charge in [0.05, 0.1) is 10.5 Å². The number of nitrogens with zero attached hydrogens (tertiary/aromatic N) is 4. The first-order valence-electron chi connectivity index (χ1n) is 7.09. The number of hydrogen-bond acceptors (Lipinski definition) is 6. The van der Waals surface area contributed by atoms with Gasteiger partial charge in [0.25, 0.3) is 11.2 Å². The van der Waals surface area contributed by atoms with E-state index in [1.54, 1.807) is 0 Å². The number of nitro groups is 1. The molecule has 3 rings (SSSR count). The summed E-state index contributed by atoms with van der Waals surface area (Å²) in [5.74, 6) is -0.0605. The Kier molecular flexibility index (Phi) is 4.28. The molecule has 0 saturated heterocycles. The van der Waals surface area contributed by atoms with Crippen molar-refractivity contribution < 1.29 is 22.5 Å². The molecule has 0 aliphatic heterocycles. The molecule has 0 bridgehead atoms. The average molecular weight is 366 g/mol. The fraction of sp³-hybridized carbons (Fsp3) is 0.133. The zero-order valence-corrected chi connectivity index (χ0v) is 12.8. The average Bonchev–Trinajstić information content (AvgIpc) is 3.04. The van der Waals surface area contributed by atoms with Crippen molar-refractivity contribution in [3.05, 3.63) is 74.5 Å². The Bertz CT molecular complexity index is 1010. The molecule has 134 valence electrons. The van der Waals surface area contributed by atoms with Gasteiger partial charge in [-0.15, -0.1) is 10.2 Å². The highest BCUT2D eigenvalue weighted by molar-refractivity contribution is 5.55. The van der Waals surface area contributed by atoms with Gasteiger partial charge in [-0.05, 0) is 18.2 Å². The summed E-state index contributed by atoms with van der Waals surface area (Å²) in [5, 5.41) is 18.0. The lowest BCUT2D eigenvalue weighted by Crippen LogP contribution is -2.22. The Morgan fingerprint density at radius 3 is 2.42 bits per heavy atom. The number of rotatable bonds is 4. The van der Waals surface area contributed by atoms with Crippen LogP contribution in [-0.2, 0) is 12.7 Å². The fourth-order valence-electron chi connectivity index (χ4n) is 2.13. The second kappa shape index (κ2) is 6.43. The van der Waals surface area contributed by atoms with Crippen molar-refractivity contribution in [3.63, 3.8) is 0 Å². The molecule has 1 aromatic carbocycles. The molecule has 0 atom stereocenters. The third kappa shape index (κ3) is 3.61. The lowest BCUT2D eigenvalue weighted by molar-refractivity contribution is -0.384. The van der Waals surface area contributed by atoms with Crippen LogP contribution >= 0.6 is 0 Å². The van der Waals surface area contributed by atoms with Crippen LogP contribution < -0.4 is 5.56 Å². The fourth-order valence-corrected chi connectivity index (χ4v) is 2.13. The third-order valence-corrected chi connectivity index (χ3v) is 3.41. The van der Waals surface area contributed by atoms with Gasteiger partial charge in [-0.2, -0.15) is 13.2 Å². The topological polar surface area (TPSA) is 104 Å². The molecule has 11 heteroatoms. The molecule has 0 spiro atoms. The SMILES string of the molecule is O=c1ccc(C(F)(F)F)cn1Cc1nnc(-c2ccc([N+](=O)[O-])cc2)o1. The summed E-state index contributed by atoms with van der Waals surface area (Å²) < 4.78 is 44.3. The van der Waals surface area contributed by atoms with Gasteiger partial charge in [-0.3, -0.25) is 14.9 Å². The highest BCUT2D eigenvalue weighted by atomic mass is 19.4. The molecular formula is C15H9F3N4O4. The largest absolute Gasteiger partial charge is 0.419 e. The predicted octanol–water partition coefficient (Wildman–Crippen LogP) is 2.87. The zero-order valence-electron chi connectivity index (χ0n) is 12.8. The Hall–Kier alpha value is -3.50. The second-order valence-electron chi connectivity index (χ2n) is 5.19. The summed E-state index contributed by atoms with van der Waals surface area (Å²) >= 11 is 0. The maximum absolute atomic E-state index is 12.7. The lowest BCUT2D eigenvalue weighted by Gasteiger charge is -2.08. The van der Waals surface area contributed by atoms with Crippen molar-refractivity contribution in [3.8, 4) is 11.5 Å². The molecular weight excluding hydrogens is 357 g/mol. The number of non-ortho nitro benzene ring substituents is 1. The number of aromatic nitrogens is 3. The molecule has 0 unspecified atom stereocenters. The summed E-state index contributed by atoms with van der Waals surface area (Å²) in [7, 11) is 0. The van der Waals surface area contributed by atoms with E-state index in [1.807, 2.05) is 0 Å². The number of alkyl halides is 3. The van der Waals surface area contributed by atoms with Crippen LogP contribution in [0.1, 0.15) is 11.5 Å². The van der Waals surface area contributed by atoms with E-state index in [2.05, 4.69) is 10.2 Å². The molecule has 0 radical (unpaired) electrons. The van der Waals surface area contributed by atoms with Crippen LogP contribution in [0.4, 0.5) is 18.9 Å². The molecule has 26 heavy (non-hydrogen) atoms. The first kappa shape index (κ1) is 17.3. The molecule has 0 N–H and O–H groups in total. The van der Waals surface area contributed by atoms with Crippen molar-refractivity contribution in [2.24, 2.45) is 0 Å². The minimum Gasteiger partial charge on any atom is -0.419 e. The van der Waals surface area contributed by atoms with Gasteiger partial charge in [-0.25, -0.2) is 0 Å². The zero-order chi connectivity index (χ0) is 18.9. The smallest absolute Gasteiger partial charge is 0.417 e. The molecule has 2 aromatic heterocycles. The summed E-state index contributed by atoms with van der Waals surface area (Å²) in [5.41, 5.74) is -1.37. The summed E-state index contributed by atoms with van der Waals surface area (Å²) in [6, 6.07) is 6.77. The highest BCUT2D eigenvalue weighted by Crippen LogP contribution is 2.28. The minimum absolute atomic E-state index is 0.0231. The molecule has 0 saturated carbocycles. The number of pyridine rings is 1. The molecule has 0 aliphatic rings. The standard InChI is InChI=1S/C15H9F3N4O4/c16-15(17,18)10-3-6-13(23)21(7-10)8-12-19-20-14(26-12)9-1-4-11(5-2-9)22(24)25/h1-7H,8H2. The molecule has 0 amide bonds. The first-order valence-corrected chi connectivity index (χ1v) is 7.09. The van der Waals surface area contributed by atoms with E-state index in [9.17, 15) is 28.1 Å². The van der Waals surface area contributed by atoms with E-state index in [-0.39, 0.29) is 24.0 Å². The first-order chi connectivity index (χ1) is 12.2. The van der Waals surface area contributed by atoms with Gasteiger partial charge in [0, 0.05) is 30.0 Å². The summed E-state index contributed by atoms with van der Waals surface area (Å²) in [4.78, 5) is 21.8. The summed E-state index contributed by atoms with van der Waals surface area (Å²) in [6.07, 6.45) is -3.92. The number of hydrogen-bond donors (Lipinski definition) is 0. The Morgan fingerprint density at radius 1 is 1.12 bits per heavy atom. The number of nitro benzene ring substituents is 1. The maximum atomic E-state index is 12.7. The van der Waals surface area contributed by atoms with E-state index < -0.39 is 22.2 Å². The van der Waals surface area contributed by atoms with Crippen LogP contribution in [0.15, 0.2) is 51.8 Å². The second-order valence-corrected chi connectivity index (χ2v) is 5.19. The van der Waals surface area contributed by atoms with Gasteiger partial charge in [0.2, 0.25) is 11.8 Å². The lowest BCUT2D eigenvalue weighted by atomic mass is 10.2. The van der Waals surface area contributed by atoms with Crippen molar-refractivity contribution in [1.29, 1.82) is 0 Å². The highest BCUT2D eigenvalue weighted by Gasteiger charge is 2.31. The van der Waals surface area contributed by atoms with Crippen molar-refractivity contribution in [1.82, 2.24) is 14.8 Å². The van der Waals surface area contributed by atoms with Crippen molar-refractivity contribution >= 4 is 5.69 Å². The maximum Gasteiger partial charge on any atom is 0.417 e. The summed E-state index contributed by atoms with van der Waals surface area (Å²) in [6.45, 7) is -0.345. The molecule has 3 aromatic rings. The van der Waals surface area contributed by atoms with Gasteiger partial charge in [0.1, 0.15) is 6.54 Å². The third-order valence-electron chi connectivity index (χ3n) is 3.41. The number of benzene rings is 1. The quantitative estimate of drug-likeness (QED) is 0.519. The van der Waals surface area contributed by atoms with Gasteiger partial charge in [0.15, 0.2) is 0 Å². The Morgan fingerprint density at radius 2 is 1.81 bits per heavy atom. The Balaban J connectivity index is 1.85. The van der Waals surface area contributed by atoms with Crippen LogP contribution in [0.5, 0.6) is 0 Å². The van der Waals surface area contributed by atoms with Crippen LogP contribution in [-0.4, -0.2) is 19.7 Å². The van der Waals surface area contributed by atoms with E-state index in [4.69, 9.17) is 4.42 Å². The van der Waals surface area contributed by atoms with E-state index in [0.717, 1.165) is 10.6 Å². The van der Waals surface area contributed by atoms with Crippen LogP contribution in [0.3, 0.4) is 0 Å². The van der Waals surface area contributed by atoms with Gasteiger partial charge >= 0.3 is 6.18 Å². The monoisotopic (exact) mass is 366 g/mol. The Labute approximate surface area is 142 Å². The van der Waals surface area contributed by atoms with Crippen LogP contribution in [0, 0.1) is 10.1 Å². The predicted molar refractivity (Wildman–Crippen MR) is 81.2 cm³/mol. The molecule has 2 heterocycles. The molecule has 0 aliphatic carbocycles. The minimum atomic E-state index is -4.59. The van der Waals surface area contributed by atoms with Crippen molar-refractivity contribution in [2.45, 2.75) is 12.7 Å². The molecule has 8 nitrogen and oxygen atoms in total. The molecule has 0 fully saturated rings. The van der Waals surface area contributed by atoms with E-state index >= 15 is 0 Å². The van der Waals surface area contributed by atoms with E-state index in [1.165, 1.54) is 24.3 Å². The van der Waals surface area contributed by atoms with Crippen molar-refractivity contribution in [2.75, 3.05) is 0 Å². The van der Waals surface area contributed by atoms with Crippen LogP contribution in [0.25, 0.3) is 11.5 Å². The normalized spacial score (nSPS) is 11.5. The van der Waals surface area contributed by atoms with Gasteiger partial charge in [-0.1, -0.05) is 0 Å².